The van der Waals surface area contributed by atoms with Crippen LogP contribution in [0.4, 0.5) is 0 Å². The second-order valence-electron chi connectivity index (χ2n) is 6.92. The lowest BCUT2D eigenvalue weighted by atomic mass is 10.1. The van der Waals surface area contributed by atoms with Gasteiger partial charge in [-0.2, -0.15) is 0 Å². The van der Waals surface area contributed by atoms with Crippen LogP contribution in [0.5, 0.6) is 11.5 Å². The molecule has 0 fully saturated rings. The van der Waals surface area contributed by atoms with Crippen LogP contribution < -0.4 is 10.1 Å². The number of para-hydroxylation sites is 2. The smallest absolute Gasteiger partial charge is 0.134 e. The summed E-state index contributed by atoms with van der Waals surface area (Å²) < 4.78 is 6.46. The van der Waals surface area contributed by atoms with Crippen LogP contribution >= 0.6 is 11.3 Å². The van der Waals surface area contributed by atoms with Gasteiger partial charge in [-0.1, -0.05) is 42.5 Å². The molecule has 28 heavy (non-hydrogen) atoms. The summed E-state index contributed by atoms with van der Waals surface area (Å²) in [5.74, 6) is 1.25. The number of rotatable bonds is 10. The first-order valence-electron chi connectivity index (χ1n) is 9.55. The second-order valence-corrected chi connectivity index (χ2v) is 7.90. The van der Waals surface area contributed by atoms with Crippen molar-refractivity contribution in [2.45, 2.75) is 25.6 Å². The van der Waals surface area contributed by atoms with Gasteiger partial charge in [-0.05, 0) is 44.2 Å². The van der Waals surface area contributed by atoms with Crippen LogP contribution in [-0.4, -0.2) is 30.6 Å². The number of hydrogen-bond acceptors (Lipinski definition) is 5. The van der Waals surface area contributed by atoms with Gasteiger partial charge in [0.2, 0.25) is 0 Å². The number of thiophene rings is 1. The summed E-state index contributed by atoms with van der Waals surface area (Å²) in [6, 6.07) is 19.9. The minimum absolute atomic E-state index is 0.0390. The zero-order valence-electron chi connectivity index (χ0n) is 16.5. The number of nitrogens with one attached hydrogen (secondary N) is 1. The molecular formula is C23H28N2O2S. The van der Waals surface area contributed by atoms with E-state index >= 15 is 0 Å². The lowest BCUT2D eigenvalue weighted by Crippen LogP contribution is -2.19. The molecule has 0 spiro atoms. The van der Waals surface area contributed by atoms with E-state index in [1.165, 1.54) is 4.88 Å². The quantitative estimate of drug-likeness (QED) is 0.516. The summed E-state index contributed by atoms with van der Waals surface area (Å²) in [6.45, 7) is 2.32. The van der Waals surface area contributed by atoms with E-state index in [0.29, 0.717) is 12.3 Å². The molecule has 0 aliphatic rings. The van der Waals surface area contributed by atoms with Gasteiger partial charge in [0.15, 0.2) is 0 Å². The van der Waals surface area contributed by atoms with Gasteiger partial charge in [-0.3, -0.25) is 4.90 Å². The first-order valence-corrected chi connectivity index (χ1v) is 10.4. The summed E-state index contributed by atoms with van der Waals surface area (Å²) in [4.78, 5) is 3.43. The van der Waals surface area contributed by atoms with Crippen molar-refractivity contribution in [2.75, 3.05) is 20.6 Å². The van der Waals surface area contributed by atoms with Crippen molar-refractivity contribution in [3.8, 4) is 11.5 Å². The fourth-order valence-electron chi connectivity index (χ4n) is 3.19. The highest BCUT2D eigenvalue weighted by Crippen LogP contribution is 2.30. The van der Waals surface area contributed by atoms with Crippen LogP contribution in [0.3, 0.4) is 0 Å². The Hall–Kier alpha value is -2.34. The predicted octanol–water partition coefficient (Wildman–Crippen LogP) is 4.82. The van der Waals surface area contributed by atoms with E-state index < -0.39 is 0 Å². The highest BCUT2D eigenvalue weighted by atomic mass is 32.1. The molecule has 1 heterocycles. The Balaban J connectivity index is 1.72. The Morgan fingerprint density at radius 3 is 2.43 bits per heavy atom. The third-order valence-electron chi connectivity index (χ3n) is 4.63. The summed E-state index contributed by atoms with van der Waals surface area (Å²) in [5.41, 5.74) is 2.07. The molecule has 0 radical (unpaired) electrons. The highest BCUT2D eigenvalue weighted by molar-refractivity contribution is 7.10. The number of aromatic hydroxyl groups is 1. The van der Waals surface area contributed by atoms with Gasteiger partial charge in [0.05, 0.1) is 0 Å². The Kier molecular flexibility index (Phi) is 7.48. The molecule has 3 aromatic rings. The maximum Gasteiger partial charge on any atom is 0.134 e. The minimum Gasteiger partial charge on any atom is -0.508 e. The van der Waals surface area contributed by atoms with Crippen LogP contribution in [0.25, 0.3) is 0 Å². The molecule has 3 rings (SSSR count). The lowest BCUT2D eigenvalue weighted by Gasteiger charge is -2.23. The highest BCUT2D eigenvalue weighted by Gasteiger charge is 2.17. The van der Waals surface area contributed by atoms with Crippen LogP contribution in [-0.2, 0) is 13.1 Å². The number of phenolic OH excluding ortho intramolecular Hbond substituents is 1. The monoisotopic (exact) mass is 396 g/mol. The third-order valence-corrected chi connectivity index (χ3v) is 5.60. The molecule has 2 aromatic carbocycles. The van der Waals surface area contributed by atoms with E-state index in [1.54, 1.807) is 17.4 Å². The Morgan fingerprint density at radius 1 is 1.00 bits per heavy atom. The predicted molar refractivity (Wildman–Crippen MR) is 116 cm³/mol. The van der Waals surface area contributed by atoms with Crippen LogP contribution in [0.1, 0.15) is 28.5 Å². The number of hydrogen-bond donors (Lipinski definition) is 2. The van der Waals surface area contributed by atoms with Gasteiger partial charge in [0, 0.05) is 35.5 Å². The molecule has 1 atom stereocenters. The largest absolute Gasteiger partial charge is 0.508 e. The summed E-state index contributed by atoms with van der Waals surface area (Å²) in [7, 11) is 4.02. The number of phenols is 1. The maximum atomic E-state index is 10.0. The van der Waals surface area contributed by atoms with Gasteiger partial charge < -0.3 is 15.2 Å². The normalized spacial score (nSPS) is 12.2. The summed E-state index contributed by atoms with van der Waals surface area (Å²) in [6.07, 6.45) is 0.955. The first-order chi connectivity index (χ1) is 13.7. The minimum atomic E-state index is 0.0390. The molecule has 0 aliphatic heterocycles. The third kappa shape index (κ3) is 5.58. The SMILES string of the molecule is CNCCC(Oc1ccccc1CN(C)Cc1ccccc1O)c1cccs1. The standard InChI is InChI=1S/C23H28N2O2S/c1-24-14-13-22(23-12-7-15-28-23)27-21-11-6-4-9-19(21)17-25(2)16-18-8-3-5-10-20(18)26/h3-12,15,22,24,26H,13-14,16-17H2,1-2H3. The van der Waals surface area contributed by atoms with Gasteiger partial charge in [0.25, 0.3) is 0 Å². The fourth-order valence-corrected chi connectivity index (χ4v) is 3.98. The van der Waals surface area contributed by atoms with E-state index in [0.717, 1.165) is 36.4 Å². The van der Waals surface area contributed by atoms with Gasteiger partial charge >= 0.3 is 0 Å². The molecule has 0 saturated heterocycles. The average Bonchev–Trinajstić information content (AvgIpc) is 3.23. The average molecular weight is 397 g/mol. The summed E-state index contributed by atoms with van der Waals surface area (Å²) >= 11 is 1.73. The molecule has 0 amide bonds. The zero-order chi connectivity index (χ0) is 19.8. The van der Waals surface area contributed by atoms with E-state index in [1.807, 2.05) is 43.4 Å². The molecule has 1 aromatic heterocycles. The van der Waals surface area contributed by atoms with E-state index in [4.69, 9.17) is 4.74 Å². The molecular weight excluding hydrogens is 368 g/mol. The van der Waals surface area contributed by atoms with E-state index in [-0.39, 0.29) is 6.10 Å². The topological polar surface area (TPSA) is 44.7 Å². The van der Waals surface area contributed by atoms with Gasteiger partial charge in [-0.25, -0.2) is 0 Å². The molecule has 1 unspecified atom stereocenters. The summed E-state index contributed by atoms with van der Waals surface area (Å²) in [5, 5.41) is 15.3. The fraction of sp³-hybridized carbons (Fsp3) is 0.304. The zero-order valence-corrected chi connectivity index (χ0v) is 17.3. The van der Waals surface area contributed by atoms with E-state index in [2.05, 4.69) is 40.8 Å². The lowest BCUT2D eigenvalue weighted by molar-refractivity contribution is 0.193. The van der Waals surface area contributed by atoms with Crippen molar-refractivity contribution in [2.24, 2.45) is 0 Å². The van der Waals surface area contributed by atoms with Crippen molar-refractivity contribution in [3.63, 3.8) is 0 Å². The van der Waals surface area contributed by atoms with Crippen LogP contribution in [0.2, 0.25) is 0 Å². The van der Waals surface area contributed by atoms with Crippen LogP contribution in [0.15, 0.2) is 66.0 Å². The molecule has 2 N–H and O–H groups in total. The molecule has 4 nitrogen and oxygen atoms in total. The van der Waals surface area contributed by atoms with E-state index in [9.17, 15) is 5.11 Å². The second kappa shape index (κ2) is 10.3. The number of benzene rings is 2. The van der Waals surface area contributed by atoms with Gasteiger partial charge in [-0.15, -0.1) is 11.3 Å². The molecule has 5 heteroatoms. The molecule has 0 aliphatic carbocycles. The van der Waals surface area contributed by atoms with Crippen molar-refractivity contribution < 1.29 is 9.84 Å². The Labute approximate surface area is 171 Å². The van der Waals surface area contributed by atoms with Crippen molar-refractivity contribution >= 4 is 11.3 Å². The van der Waals surface area contributed by atoms with Gasteiger partial charge in [0.1, 0.15) is 17.6 Å². The molecule has 0 saturated carbocycles. The Bertz CT molecular complexity index is 851. The number of ether oxygens (including phenoxy) is 1. The molecule has 0 bridgehead atoms. The maximum absolute atomic E-state index is 10.0. The Morgan fingerprint density at radius 2 is 1.71 bits per heavy atom. The molecule has 148 valence electrons. The van der Waals surface area contributed by atoms with Crippen LogP contribution in [0, 0.1) is 0 Å². The van der Waals surface area contributed by atoms with Crippen molar-refractivity contribution in [1.82, 2.24) is 10.2 Å². The first kappa shape index (κ1) is 20.4. The van der Waals surface area contributed by atoms with Crippen molar-refractivity contribution in [1.29, 1.82) is 0 Å². The van der Waals surface area contributed by atoms with Crippen molar-refractivity contribution in [3.05, 3.63) is 82.0 Å². The number of nitrogens with zero attached hydrogens (tertiary/aromatic N) is 1.